The normalized spacial score (nSPS) is 10.3. The third-order valence-corrected chi connectivity index (χ3v) is 3.86. The number of anilines is 1. The van der Waals surface area contributed by atoms with Gasteiger partial charge in [0, 0.05) is 22.7 Å². The highest BCUT2D eigenvalue weighted by Gasteiger charge is 2.12. The van der Waals surface area contributed by atoms with Gasteiger partial charge in [-0.25, -0.2) is 4.39 Å². The summed E-state index contributed by atoms with van der Waals surface area (Å²) in [6, 6.07) is 14.9. The number of nitrogens with one attached hydrogen (secondary N) is 2. The van der Waals surface area contributed by atoms with Gasteiger partial charge in [0.15, 0.2) is 0 Å². The van der Waals surface area contributed by atoms with Crippen molar-refractivity contribution in [3.63, 3.8) is 0 Å². The van der Waals surface area contributed by atoms with E-state index >= 15 is 0 Å². The second-order valence-corrected chi connectivity index (χ2v) is 5.54. The minimum atomic E-state index is -0.305. The lowest BCUT2D eigenvalue weighted by Gasteiger charge is -2.05. The van der Waals surface area contributed by atoms with E-state index in [-0.39, 0.29) is 19.2 Å². The molecule has 0 spiro atoms. The zero-order valence-corrected chi connectivity index (χ0v) is 13.0. The minimum Gasteiger partial charge on any atom is -0.321 e. The van der Waals surface area contributed by atoms with E-state index in [0.29, 0.717) is 16.9 Å². The first-order valence-electron chi connectivity index (χ1n) is 7.66. The summed E-state index contributed by atoms with van der Waals surface area (Å²) >= 11 is 0. The van der Waals surface area contributed by atoms with E-state index in [2.05, 4.69) is 20.5 Å². The number of benzene rings is 2. The van der Waals surface area contributed by atoms with Crippen LogP contribution in [0.15, 0.2) is 67.0 Å². The van der Waals surface area contributed by atoms with Crippen LogP contribution in [0.2, 0.25) is 0 Å². The summed E-state index contributed by atoms with van der Waals surface area (Å²) in [5.74, 6) is -0.540. The molecule has 4 aromatic rings. The van der Waals surface area contributed by atoms with Crippen LogP contribution in [0.3, 0.4) is 0 Å². The quantitative estimate of drug-likeness (QED) is 0.566. The Morgan fingerprint density at radius 3 is 2.62 bits per heavy atom. The molecule has 2 heterocycles. The Labute approximate surface area is 149 Å². The number of fused-ring (bicyclic) bond motifs is 1. The Bertz CT molecular complexity index is 1040. The summed E-state index contributed by atoms with van der Waals surface area (Å²) in [7, 11) is 0. The summed E-state index contributed by atoms with van der Waals surface area (Å²) in [6.45, 7) is 0. The van der Waals surface area contributed by atoms with Gasteiger partial charge in [-0.15, -0.1) is 0 Å². The zero-order chi connectivity index (χ0) is 17.2. The number of hydrogen-bond acceptors (Lipinski definition) is 3. The van der Waals surface area contributed by atoms with Gasteiger partial charge < -0.3 is 5.32 Å². The molecule has 0 aliphatic carbocycles. The van der Waals surface area contributed by atoms with Gasteiger partial charge in [0.1, 0.15) is 5.82 Å². The Balaban J connectivity index is 0.00000196. The minimum absolute atomic E-state index is 0. The Morgan fingerprint density at radius 2 is 1.88 bits per heavy atom. The molecule has 6 heteroatoms. The van der Waals surface area contributed by atoms with E-state index in [1.54, 1.807) is 54.9 Å². The van der Waals surface area contributed by atoms with Gasteiger partial charge in [-0.1, -0.05) is 7.43 Å². The molecule has 4 rings (SSSR count). The van der Waals surface area contributed by atoms with E-state index < -0.39 is 0 Å². The van der Waals surface area contributed by atoms with Gasteiger partial charge in [0.2, 0.25) is 0 Å². The fourth-order valence-electron chi connectivity index (χ4n) is 2.62. The number of amides is 1. The van der Waals surface area contributed by atoms with Gasteiger partial charge in [0.05, 0.1) is 23.1 Å². The van der Waals surface area contributed by atoms with Crippen LogP contribution >= 0.6 is 0 Å². The van der Waals surface area contributed by atoms with Gasteiger partial charge in [-0.3, -0.25) is 14.9 Å². The first kappa shape index (κ1) is 17.3. The molecule has 26 heavy (non-hydrogen) atoms. The summed E-state index contributed by atoms with van der Waals surface area (Å²) in [5, 5.41) is 10.8. The lowest BCUT2D eigenvalue weighted by Crippen LogP contribution is -2.11. The Hall–Kier alpha value is -3.54. The number of nitrogens with zero attached hydrogens (tertiary/aromatic N) is 2. The van der Waals surface area contributed by atoms with E-state index in [0.717, 1.165) is 16.5 Å². The molecule has 2 aromatic heterocycles. The average molecular weight is 348 g/mol. The predicted octanol–water partition coefficient (Wildman–Crippen LogP) is 4.65. The number of halogens is 1. The van der Waals surface area contributed by atoms with Crippen LogP contribution in [0, 0.1) is 5.82 Å². The van der Waals surface area contributed by atoms with Crippen LogP contribution in [0.5, 0.6) is 0 Å². The first-order valence-corrected chi connectivity index (χ1v) is 7.66. The molecule has 0 bridgehead atoms. The molecule has 5 nitrogen and oxygen atoms in total. The molecule has 0 aliphatic heterocycles. The number of pyridine rings is 1. The largest absolute Gasteiger partial charge is 0.321 e. The maximum atomic E-state index is 13.1. The number of aromatic amines is 1. The van der Waals surface area contributed by atoms with E-state index in [4.69, 9.17) is 0 Å². The molecule has 0 fully saturated rings. The van der Waals surface area contributed by atoms with Crippen molar-refractivity contribution in [3.8, 4) is 11.3 Å². The molecule has 0 saturated heterocycles. The number of rotatable bonds is 3. The van der Waals surface area contributed by atoms with Crippen LogP contribution in [0.25, 0.3) is 22.2 Å². The molecule has 0 aliphatic rings. The maximum absolute atomic E-state index is 13.1. The fourth-order valence-corrected chi connectivity index (χ4v) is 2.62. The maximum Gasteiger partial charge on any atom is 0.255 e. The molecule has 2 aromatic carbocycles. The van der Waals surface area contributed by atoms with Crippen molar-refractivity contribution in [3.05, 3.63) is 78.4 Å². The highest BCUT2D eigenvalue weighted by molar-refractivity contribution is 6.07. The highest BCUT2D eigenvalue weighted by Crippen LogP contribution is 2.27. The number of aromatic nitrogens is 3. The molecule has 130 valence electrons. The van der Waals surface area contributed by atoms with Crippen molar-refractivity contribution in [2.45, 2.75) is 7.43 Å². The number of H-pyrrole nitrogens is 1. The van der Waals surface area contributed by atoms with Gasteiger partial charge in [-0.2, -0.15) is 5.10 Å². The molecule has 2 N–H and O–H groups in total. The lowest BCUT2D eigenvalue weighted by molar-refractivity contribution is 0.102. The van der Waals surface area contributed by atoms with Crippen LogP contribution in [0.4, 0.5) is 10.1 Å². The lowest BCUT2D eigenvalue weighted by atomic mass is 10.1. The fraction of sp³-hybridized carbons (Fsp3) is 0.0500. The molecule has 0 saturated carbocycles. The first-order chi connectivity index (χ1) is 12.2. The molecule has 0 radical (unpaired) electrons. The highest BCUT2D eigenvalue weighted by atomic mass is 19.1. The van der Waals surface area contributed by atoms with Gasteiger partial charge in [0.25, 0.3) is 5.91 Å². The van der Waals surface area contributed by atoms with Crippen molar-refractivity contribution in [2.75, 3.05) is 5.32 Å². The monoisotopic (exact) mass is 348 g/mol. The predicted molar refractivity (Wildman–Crippen MR) is 100 cm³/mol. The van der Waals surface area contributed by atoms with E-state index in [1.165, 1.54) is 12.1 Å². The summed E-state index contributed by atoms with van der Waals surface area (Å²) in [6.07, 6.45) is 3.22. The topological polar surface area (TPSA) is 70.7 Å². The molecular weight excluding hydrogens is 331 g/mol. The summed E-state index contributed by atoms with van der Waals surface area (Å²) in [4.78, 5) is 16.4. The van der Waals surface area contributed by atoms with Gasteiger partial charge >= 0.3 is 0 Å². The van der Waals surface area contributed by atoms with Crippen molar-refractivity contribution < 1.29 is 9.18 Å². The van der Waals surface area contributed by atoms with Crippen LogP contribution in [-0.2, 0) is 0 Å². The Morgan fingerprint density at radius 1 is 1.08 bits per heavy atom. The Kier molecular flexibility index (Phi) is 4.75. The van der Waals surface area contributed by atoms with Crippen LogP contribution < -0.4 is 5.32 Å². The van der Waals surface area contributed by atoms with E-state index in [9.17, 15) is 9.18 Å². The standard InChI is InChI=1S/C19H13FN4O.CH4/c20-14-6-3-12(4-7-14)18-16-10-13(5-8-17(16)23-24-18)19(25)22-15-2-1-9-21-11-15;/h1-11H,(H,22,25)(H,23,24);1H4. The number of hydrogen-bond donors (Lipinski definition) is 2. The smallest absolute Gasteiger partial charge is 0.255 e. The number of carbonyl (C=O) groups is 1. The second-order valence-electron chi connectivity index (χ2n) is 5.54. The molecule has 0 atom stereocenters. The summed E-state index contributed by atoms with van der Waals surface area (Å²) in [5.41, 5.74) is 3.38. The van der Waals surface area contributed by atoms with Crippen molar-refractivity contribution in [2.24, 2.45) is 0 Å². The third kappa shape index (κ3) is 3.30. The summed E-state index contributed by atoms with van der Waals surface area (Å²) < 4.78 is 13.1. The molecule has 0 unspecified atom stereocenters. The van der Waals surface area contributed by atoms with Crippen molar-refractivity contribution >= 4 is 22.5 Å². The van der Waals surface area contributed by atoms with Crippen LogP contribution in [-0.4, -0.2) is 21.1 Å². The van der Waals surface area contributed by atoms with Crippen molar-refractivity contribution in [1.82, 2.24) is 15.2 Å². The second kappa shape index (κ2) is 7.14. The van der Waals surface area contributed by atoms with Crippen molar-refractivity contribution in [1.29, 1.82) is 0 Å². The molecule has 1 amide bonds. The van der Waals surface area contributed by atoms with Gasteiger partial charge in [-0.05, 0) is 54.6 Å². The van der Waals surface area contributed by atoms with E-state index in [1.807, 2.05) is 0 Å². The number of carbonyl (C=O) groups excluding carboxylic acids is 1. The SMILES string of the molecule is C.O=C(Nc1cccnc1)c1ccc2[nH]nc(-c3ccc(F)cc3)c2c1. The molecular formula is C20H17FN4O. The average Bonchev–Trinajstić information content (AvgIpc) is 3.06. The van der Waals surface area contributed by atoms with Crippen LogP contribution in [0.1, 0.15) is 17.8 Å². The zero-order valence-electron chi connectivity index (χ0n) is 13.0. The third-order valence-electron chi connectivity index (χ3n) is 3.86.